The molecule has 46 heavy (non-hydrogen) atoms. The van der Waals surface area contributed by atoms with Crippen LogP contribution in [-0.2, 0) is 0 Å². The van der Waals surface area contributed by atoms with Crippen LogP contribution in [0.5, 0.6) is 0 Å². The van der Waals surface area contributed by atoms with Gasteiger partial charge >= 0.3 is 0 Å². The maximum absolute atomic E-state index is 5.11. The summed E-state index contributed by atoms with van der Waals surface area (Å²) in [5.74, 6) is 0. The largest absolute Gasteiger partial charge is 0.309 e. The molecule has 0 unspecified atom stereocenters. The van der Waals surface area contributed by atoms with Crippen molar-refractivity contribution in [1.82, 2.24) is 18.9 Å². The fourth-order valence-corrected chi connectivity index (χ4v) is 7.81. The van der Waals surface area contributed by atoms with Gasteiger partial charge in [0, 0.05) is 32.6 Å². The highest BCUT2D eigenvalue weighted by molar-refractivity contribution is 6.24. The highest BCUT2D eigenvalue weighted by Crippen LogP contribution is 2.42. The minimum Gasteiger partial charge on any atom is -0.309 e. The van der Waals surface area contributed by atoms with Gasteiger partial charge in [-0.15, -0.1) is 0 Å². The van der Waals surface area contributed by atoms with Crippen molar-refractivity contribution in [3.05, 3.63) is 146 Å². The van der Waals surface area contributed by atoms with Crippen LogP contribution in [0.25, 0.3) is 98.8 Å². The number of para-hydroxylation sites is 4. The summed E-state index contributed by atoms with van der Waals surface area (Å²) in [4.78, 5) is 10.2. The molecule has 7 aromatic carbocycles. The molecule has 0 saturated heterocycles. The number of aromatic nitrogens is 4. The second-order valence-electron chi connectivity index (χ2n) is 12.2. The van der Waals surface area contributed by atoms with Gasteiger partial charge in [0.05, 0.1) is 33.1 Å². The molecule has 4 heteroatoms. The Morgan fingerprint density at radius 1 is 0.435 bits per heavy atom. The molecule has 11 rings (SSSR count). The quantitative estimate of drug-likeness (QED) is 0.203. The fourth-order valence-electron chi connectivity index (χ4n) is 7.81. The van der Waals surface area contributed by atoms with Crippen molar-refractivity contribution in [2.45, 2.75) is 0 Å². The average molecular weight is 585 g/mol. The van der Waals surface area contributed by atoms with E-state index in [-0.39, 0.29) is 0 Å². The van der Waals surface area contributed by atoms with Crippen LogP contribution in [0.15, 0.2) is 146 Å². The van der Waals surface area contributed by atoms with Gasteiger partial charge in [-0.1, -0.05) is 91.0 Å². The molecule has 0 saturated carbocycles. The minimum atomic E-state index is 0.912. The van der Waals surface area contributed by atoms with Gasteiger partial charge in [0.15, 0.2) is 5.65 Å². The summed E-state index contributed by atoms with van der Waals surface area (Å²) < 4.78 is 4.70. The van der Waals surface area contributed by atoms with Gasteiger partial charge in [0.25, 0.3) is 0 Å². The standard InChI is InChI=1S/C42H24N4/c1-2-10-28(11-3-1)45-37-21-19-27(24-33(37)39-29-12-5-4-9-25(29)17-22-38(39)45)26-18-20-36-32(23-26)30-13-8-14-31-40-42(46(36)41(30)31)44-35-16-7-6-15-34(35)43-40/h1-24H. The van der Waals surface area contributed by atoms with E-state index >= 15 is 0 Å². The fraction of sp³-hybridized carbons (Fsp3) is 0. The first-order valence-corrected chi connectivity index (χ1v) is 15.7. The Hall–Kier alpha value is -6.26. The van der Waals surface area contributed by atoms with E-state index in [1.807, 2.05) is 24.3 Å². The van der Waals surface area contributed by atoms with Crippen LogP contribution in [0.1, 0.15) is 0 Å². The van der Waals surface area contributed by atoms with Crippen LogP contribution in [0, 0.1) is 0 Å². The van der Waals surface area contributed by atoms with Crippen molar-refractivity contribution < 1.29 is 0 Å². The molecule has 11 aromatic rings. The molecular formula is C42H24N4. The summed E-state index contributed by atoms with van der Waals surface area (Å²) in [5.41, 5.74) is 12.0. The predicted octanol–water partition coefficient (Wildman–Crippen LogP) is 10.7. The molecule has 0 fully saturated rings. The van der Waals surface area contributed by atoms with E-state index in [1.54, 1.807) is 0 Å². The van der Waals surface area contributed by atoms with Gasteiger partial charge in [0.1, 0.15) is 5.52 Å². The summed E-state index contributed by atoms with van der Waals surface area (Å²) in [5, 5.41) is 8.68. The lowest BCUT2D eigenvalue weighted by Crippen LogP contribution is -1.93. The maximum atomic E-state index is 5.11. The maximum Gasteiger partial charge on any atom is 0.165 e. The summed E-state index contributed by atoms with van der Waals surface area (Å²) in [6, 6.07) is 52.4. The molecular weight excluding hydrogens is 560 g/mol. The topological polar surface area (TPSA) is 35.1 Å². The van der Waals surface area contributed by atoms with Gasteiger partial charge in [0.2, 0.25) is 0 Å². The van der Waals surface area contributed by atoms with Gasteiger partial charge in [-0.3, -0.25) is 4.40 Å². The van der Waals surface area contributed by atoms with Gasteiger partial charge in [-0.25, -0.2) is 9.97 Å². The second-order valence-corrected chi connectivity index (χ2v) is 12.2. The Bertz CT molecular complexity index is 3020. The lowest BCUT2D eigenvalue weighted by Gasteiger charge is -2.08. The molecule has 0 aliphatic carbocycles. The van der Waals surface area contributed by atoms with Crippen LogP contribution >= 0.6 is 0 Å². The number of rotatable bonds is 2. The minimum absolute atomic E-state index is 0.912. The number of fused-ring (bicyclic) bond motifs is 12. The van der Waals surface area contributed by atoms with E-state index < -0.39 is 0 Å². The third kappa shape index (κ3) is 3.07. The smallest absolute Gasteiger partial charge is 0.165 e. The van der Waals surface area contributed by atoms with Crippen LogP contribution in [-0.4, -0.2) is 18.9 Å². The Labute approximate surface area is 262 Å². The van der Waals surface area contributed by atoms with Crippen LogP contribution < -0.4 is 0 Å². The Kier molecular flexibility index (Phi) is 4.55. The first kappa shape index (κ1) is 24.1. The zero-order valence-electron chi connectivity index (χ0n) is 24.6. The SMILES string of the molecule is c1ccc(-n2c3ccc(-c4ccc5c(c4)c4cccc6c7nc8ccccc8nc7n5c46)cc3c3c4ccccc4ccc32)cc1. The first-order valence-electron chi connectivity index (χ1n) is 15.7. The molecule has 0 atom stereocenters. The predicted molar refractivity (Wildman–Crippen MR) is 191 cm³/mol. The zero-order chi connectivity index (χ0) is 29.9. The Morgan fingerprint density at radius 3 is 1.98 bits per heavy atom. The highest BCUT2D eigenvalue weighted by atomic mass is 15.0. The van der Waals surface area contributed by atoms with Crippen LogP contribution in [0.3, 0.4) is 0 Å². The molecule has 0 radical (unpaired) electrons. The summed E-state index contributed by atoms with van der Waals surface area (Å²) in [6.45, 7) is 0. The van der Waals surface area contributed by atoms with E-state index in [2.05, 4.69) is 130 Å². The number of benzene rings is 7. The van der Waals surface area contributed by atoms with Crippen LogP contribution in [0.2, 0.25) is 0 Å². The van der Waals surface area contributed by atoms with E-state index in [0.29, 0.717) is 0 Å². The van der Waals surface area contributed by atoms with Crippen molar-refractivity contribution in [3.63, 3.8) is 0 Å². The van der Waals surface area contributed by atoms with Crippen molar-refractivity contribution in [2.75, 3.05) is 0 Å². The summed E-state index contributed by atoms with van der Waals surface area (Å²) in [7, 11) is 0. The third-order valence-corrected chi connectivity index (χ3v) is 9.81. The van der Waals surface area contributed by atoms with Crippen LogP contribution in [0.4, 0.5) is 0 Å². The molecule has 4 nitrogen and oxygen atoms in total. The van der Waals surface area contributed by atoms with Gasteiger partial charge in [-0.2, -0.15) is 0 Å². The molecule has 4 aromatic heterocycles. The van der Waals surface area contributed by atoms with Crippen molar-refractivity contribution >= 4 is 82.0 Å². The van der Waals surface area contributed by atoms with E-state index in [9.17, 15) is 0 Å². The first-order chi connectivity index (χ1) is 22.8. The molecule has 0 aliphatic heterocycles. The molecule has 0 bridgehead atoms. The number of nitrogens with zero attached hydrogens (tertiary/aromatic N) is 4. The molecule has 212 valence electrons. The van der Waals surface area contributed by atoms with E-state index in [4.69, 9.17) is 9.97 Å². The monoisotopic (exact) mass is 584 g/mol. The normalized spacial score (nSPS) is 12.3. The Morgan fingerprint density at radius 2 is 1.11 bits per heavy atom. The van der Waals surface area contributed by atoms with Crippen molar-refractivity contribution in [2.24, 2.45) is 0 Å². The van der Waals surface area contributed by atoms with Gasteiger partial charge < -0.3 is 4.57 Å². The molecule has 0 spiro atoms. The molecule has 0 aliphatic rings. The molecule has 0 amide bonds. The van der Waals surface area contributed by atoms with Crippen molar-refractivity contribution in [1.29, 1.82) is 0 Å². The number of hydrogen-bond acceptors (Lipinski definition) is 2. The molecule has 0 N–H and O–H groups in total. The number of hydrogen-bond donors (Lipinski definition) is 0. The van der Waals surface area contributed by atoms with E-state index in [0.717, 1.165) is 33.1 Å². The van der Waals surface area contributed by atoms with E-state index in [1.165, 1.54) is 65.7 Å². The molecule has 4 heterocycles. The average Bonchev–Trinajstić information content (AvgIpc) is 3.75. The summed E-state index contributed by atoms with van der Waals surface area (Å²) >= 11 is 0. The summed E-state index contributed by atoms with van der Waals surface area (Å²) in [6.07, 6.45) is 0. The lowest BCUT2D eigenvalue weighted by molar-refractivity contribution is 1.18. The Balaban J connectivity index is 1.19. The second kappa shape index (κ2) is 8.68. The van der Waals surface area contributed by atoms with Crippen molar-refractivity contribution in [3.8, 4) is 16.8 Å². The zero-order valence-corrected chi connectivity index (χ0v) is 24.6. The lowest BCUT2D eigenvalue weighted by atomic mass is 9.99. The van der Waals surface area contributed by atoms with Gasteiger partial charge in [-0.05, 0) is 76.5 Å². The third-order valence-electron chi connectivity index (χ3n) is 9.81. The highest BCUT2D eigenvalue weighted by Gasteiger charge is 2.21.